The minimum absolute atomic E-state index is 0.124. The van der Waals surface area contributed by atoms with Gasteiger partial charge in [0.2, 0.25) is 5.91 Å². The molecule has 0 bridgehead atoms. The van der Waals surface area contributed by atoms with Gasteiger partial charge >= 0.3 is 0 Å². The molecule has 0 spiro atoms. The first-order valence-corrected chi connectivity index (χ1v) is 10.8. The highest BCUT2D eigenvalue weighted by Crippen LogP contribution is 2.45. The maximum absolute atomic E-state index is 13.5. The third-order valence-electron chi connectivity index (χ3n) is 5.71. The maximum atomic E-state index is 13.5. The summed E-state index contributed by atoms with van der Waals surface area (Å²) in [5.41, 5.74) is 3.48. The average Bonchev–Trinajstić information content (AvgIpc) is 2.90. The molecule has 5 rings (SSSR count). The molecule has 0 saturated carbocycles. The fraction of sp³-hybridized carbons (Fsp3) is 0.250. The number of nitrogens with one attached hydrogen (secondary N) is 1. The molecule has 2 aromatic carbocycles. The van der Waals surface area contributed by atoms with E-state index in [4.69, 9.17) is 4.74 Å². The third kappa shape index (κ3) is 3.10. The highest BCUT2D eigenvalue weighted by atomic mass is 32.1. The van der Waals surface area contributed by atoms with E-state index in [1.54, 1.807) is 11.3 Å². The average molecular weight is 401 g/mol. The van der Waals surface area contributed by atoms with Gasteiger partial charge in [-0.05, 0) is 43.4 Å². The summed E-state index contributed by atoms with van der Waals surface area (Å²) in [6.45, 7) is 0. The lowest BCUT2D eigenvalue weighted by Crippen LogP contribution is -2.25. The van der Waals surface area contributed by atoms with Crippen LogP contribution in [0.4, 0.5) is 5.00 Å². The van der Waals surface area contributed by atoms with Gasteiger partial charge in [-0.1, -0.05) is 42.8 Å². The second kappa shape index (κ2) is 7.38. The van der Waals surface area contributed by atoms with Crippen molar-refractivity contribution in [1.29, 1.82) is 5.26 Å². The Bertz CT molecular complexity index is 1100. The summed E-state index contributed by atoms with van der Waals surface area (Å²) in [4.78, 5) is 14.7. The van der Waals surface area contributed by atoms with Crippen LogP contribution in [-0.4, -0.2) is 5.91 Å². The lowest BCUT2D eigenvalue weighted by Gasteiger charge is -2.27. The summed E-state index contributed by atoms with van der Waals surface area (Å²) in [6.07, 6.45) is 5.36. The summed E-state index contributed by atoms with van der Waals surface area (Å²) >= 11 is 1.57. The molecule has 0 radical (unpaired) electrons. The van der Waals surface area contributed by atoms with Crippen LogP contribution in [0.3, 0.4) is 0 Å². The highest BCUT2D eigenvalue weighted by molar-refractivity contribution is 7.16. The zero-order valence-corrected chi connectivity index (χ0v) is 16.7. The Morgan fingerprint density at radius 1 is 1.00 bits per heavy atom. The number of nitriles is 1. The van der Waals surface area contributed by atoms with Gasteiger partial charge < -0.3 is 10.1 Å². The molecule has 3 aromatic rings. The summed E-state index contributed by atoms with van der Waals surface area (Å²) in [6, 6.07) is 17.7. The van der Waals surface area contributed by atoms with E-state index in [1.807, 2.05) is 48.5 Å². The predicted molar refractivity (Wildman–Crippen MR) is 114 cm³/mol. The highest BCUT2D eigenvalue weighted by Gasteiger charge is 2.33. The van der Waals surface area contributed by atoms with Crippen molar-refractivity contribution < 1.29 is 9.53 Å². The molecule has 5 heteroatoms. The van der Waals surface area contributed by atoms with Crippen molar-refractivity contribution in [3.05, 3.63) is 75.7 Å². The molecule has 1 N–H and O–H groups in total. The van der Waals surface area contributed by atoms with Crippen molar-refractivity contribution >= 4 is 22.2 Å². The van der Waals surface area contributed by atoms with Crippen LogP contribution in [-0.2, 0) is 17.6 Å². The van der Waals surface area contributed by atoms with Gasteiger partial charge in [0.05, 0.1) is 11.5 Å². The molecule has 2 aliphatic rings. The second-order valence-corrected chi connectivity index (χ2v) is 8.59. The second-order valence-electron chi connectivity index (χ2n) is 7.48. The number of fused-ring (bicyclic) bond motifs is 3. The first-order valence-electron chi connectivity index (χ1n) is 9.97. The Morgan fingerprint density at radius 3 is 2.34 bits per heavy atom. The molecule has 1 amide bonds. The van der Waals surface area contributed by atoms with Crippen LogP contribution in [0, 0.1) is 11.3 Å². The predicted octanol–water partition coefficient (Wildman–Crippen LogP) is 5.76. The standard InChI is InChI=1S/C24H20N2O2S/c25-14-18-15-8-2-1-3-13-21(15)29-24(18)26-23(27)22-16-9-4-6-11-19(16)28-20-12-7-5-10-17(20)22/h4-7,9-12,22H,1-3,8,13H2,(H,26,27). The van der Waals surface area contributed by atoms with E-state index < -0.39 is 5.92 Å². The number of amides is 1. The van der Waals surface area contributed by atoms with Crippen LogP contribution in [0.25, 0.3) is 0 Å². The molecule has 1 aliphatic heterocycles. The van der Waals surface area contributed by atoms with Gasteiger partial charge in [-0.2, -0.15) is 5.26 Å². The Balaban J connectivity index is 1.54. The SMILES string of the molecule is N#Cc1c(NC(=O)C2c3ccccc3Oc3ccccc32)sc2c1CCCCC2. The number of carbonyl (C=O) groups excluding carboxylic acids is 1. The van der Waals surface area contributed by atoms with Crippen molar-refractivity contribution in [2.24, 2.45) is 0 Å². The molecule has 144 valence electrons. The first-order chi connectivity index (χ1) is 14.3. The quantitative estimate of drug-likeness (QED) is 0.556. The van der Waals surface area contributed by atoms with Gasteiger partial charge in [0, 0.05) is 16.0 Å². The number of benzene rings is 2. The normalized spacial score (nSPS) is 15.1. The number of hydrogen-bond acceptors (Lipinski definition) is 4. The van der Waals surface area contributed by atoms with Crippen LogP contribution in [0.5, 0.6) is 11.5 Å². The third-order valence-corrected chi connectivity index (χ3v) is 6.92. The monoisotopic (exact) mass is 400 g/mol. The molecule has 2 heterocycles. The number of ether oxygens (including phenoxy) is 1. The molecule has 4 nitrogen and oxygen atoms in total. The van der Waals surface area contributed by atoms with Crippen molar-refractivity contribution in [2.75, 3.05) is 5.32 Å². The van der Waals surface area contributed by atoms with Crippen molar-refractivity contribution in [3.8, 4) is 17.6 Å². The van der Waals surface area contributed by atoms with Gasteiger partial charge in [-0.15, -0.1) is 11.3 Å². The molecule has 0 fully saturated rings. The number of nitrogens with zero attached hydrogens (tertiary/aromatic N) is 1. The van der Waals surface area contributed by atoms with Crippen LogP contribution < -0.4 is 10.1 Å². The van der Waals surface area contributed by atoms with Crippen LogP contribution in [0.2, 0.25) is 0 Å². The fourth-order valence-corrected chi connectivity index (χ4v) is 5.57. The van der Waals surface area contributed by atoms with Gasteiger partial charge in [0.15, 0.2) is 0 Å². The van der Waals surface area contributed by atoms with Gasteiger partial charge in [-0.3, -0.25) is 4.79 Å². The number of para-hydroxylation sites is 2. The minimum atomic E-state index is -0.468. The van der Waals surface area contributed by atoms with Gasteiger partial charge in [0.1, 0.15) is 22.6 Å². The Labute approximate surface area is 173 Å². The summed E-state index contributed by atoms with van der Waals surface area (Å²) in [5, 5.41) is 13.6. The van der Waals surface area contributed by atoms with Crippen LogP contribution >= 0.6 is 11.3 Å². The Morgan fingerprint density at radius 2 is 1.66 bits per heavy atom. The van der Waals surface area contributed by atoms with E-state index in [2.05, 4.69) is 11.4 Å². The lowest BCUT2D eigenvalue weighted by molar-refractivity contribution is -0.116. The number of hydrogen-bond donors (Lipinski definition) is 1. The summed E-state index contributed by atoms with van der Waals surface area (Å²) in [7, 11) is 0. The van der Waals surface area contributed by atoms with E-state index in [-0.39, 0.29) is 5.91 Å². The molecule has 0 saturated heterocycles. The summed E-state index contributed by atoms with van der Waals surface area (Å²) < 4.78 is 6.00. The maximum Gasteiger partial charge on any atom is 0.237 e. The zero-order valence-electron chi connectivity index (χ0n) is 15.9. The number of rotatable bonds is 2. The van der Waals surface area contributed by atoms with Crippen LogP contribution in [0.15, 0.2) is 48.5 Å². The minimum Gasteiger partial charge on any atom is -0.457 e. The number of carbonyl (C=O) groups is 1. The van der Waals surface area contributed by atoms with Crippen molar-refractivity contribution in [3.63, 3.8) is 0 Å². The van der Waals surface area contributed by atoms with E-state index >= 15 is 0 Å². The largest absolute Gasteiger partial charge is 0.457 e. The number of anilines is 1. The fourth-order valence-electron chi connectivity index (χ4n) is 4.33. The topological polar surface area (TPSA) is 62.1 Å². The van der Waals surface area contributed by atoms with E-state index in [0.29, 0.717) is 22.1 Å². The molecule has 29 heavy (non-hydrogen) atoms. The van der Waals surface area contributed by atoms with E-state index in [1.165, 1.54) is 11.3 Å². The van der Waals surface area contributed by atoms with E-state index in [9.17, 15) is 10.1 Å². The Kier molecular flexibility index (Phi) is 4.57. The molecule has 1 aliphatic carbocycles. The molecule has 0 unspecified atom stereocenters. The zero-order chi connectivity index (χ0) is 19.8. The number of aryl methyl sites for hydroxylation is 1. The van der Waals surface area contributed by atoms with E-state index in [0.717, 1.165) is 42.4 Å². The first kappa shape index (κ1) is 18.0. The van der Waals surface area contributed by atoms with Gasteiger partial charge in [0.25, 0.3) is 0 Å². The number of thiophene rings is 1. The van der Waals surface area contributed by atoms with Gasteiger partial charge in [-0.25, -0.2) is 0 Å². The van der Waals surface area contributed by atoms with Crippen molar-refractivity contribution in [2.45, 2.75) is 38.0 Å². The van der Waals surface area contributed by atoms with Crippen molar-refractivity contribution in [1.82, 2.24) is 0 Å². The molecule has 1 aromatic heterocycles. The molecule has 0 atom stereocenters. The smallest absolute Gasteiger partial charge is 0.237 e. The molecular formula is C24H20N2O2S. The van der Waals surface area contributed by atoms with Crippen LogP contribution in [0.1, 0.15) is 52.3 Å². The molecular weight excluding hydrogens is 380 g/mol. The summed E-state index contributed by atoms with van der Waals surface area (Å²) in [5.74, 6) is 0.813. The lowest BCUT2D eigenvalue weighted by atomic mass is 9.87. The Hall–Kier alpha value is -3.10.